The standard InChI is InChI=1S/C20H16ClF3N2O4S/c1-28-14-6-10(7-15(29-2)17(14)30-3)8-16-18(27)26-19(31-16)25-13-9-11(20(22,23)24)4-5-12(13)21/h4-9H,1-3H3,(H,25,26,27). The molecule has 3 rings (SSSR count). The van der Waals surface area contributed by atoms with Crippen LogP contribution in [0.3, 0.4) is 0 Å². The molecule has 6 nitrogen and oxygen atoms in total. The fourth-order valence-corrected chi connectivity index (χ4v) is 3.70. The first-order valence-electron chi connectivity index (χ1n) is 8.62. The first-order chi connectivity index (χ1) is 14.7. The zero-order chi connectivity index (χ0) is 22.8. The molecule has 0 unspecified atom stereocenters. The minimum Gasteiger partial charge on any atom is -0.493 e. The Morgan fingerprint density at radius 1 is 1.06 bits per heavy atom. The number of carbonyl (C=O) groups excluding carboxylic acids is 1. The van der Waals surface area contributed by atoms with Gasteiger partial charge >= 0.3 is 6.18 Å². The molecular weight excluding hydrogens is 457 g/mol. The smallest absolute Gasteiger partial charge is 0.416 e. The zero-order valence-electron chi connectivity index (χ0n) is 16.5. The number of carbonyl (C=O) groups is 1. The number of benzene rings is 2. The van der Waals surface area contributed by atoms with Crippen molar-refractivity contribution in [1.82, 2.24) is 5.32 Å². The van der Waals surface area contributed by atoms with E-state index in [1.54, 1.807) is 18.2 Å². The number of methoxy groups -OCH3 is 3. The first kappa shape index (κ1) is 22.8. The van der Waals surface area contributed by atoms with Gasteiger partial charge in [0.25, 0.3) is 5.91 Å². The van der Waals surface area contributed by atoms with Gasteiger partial charge in [-0.2, -0.15) is 13.2 Å². The molecule has 1 aliphatic heterocycles. The van der Waals surface area contributed by atoms with Crippen molar-refractivity contribution in [2.24, 2.45) is 4.99 Å². The van der Waals surface area contributed by atoms with Crippen molar-refractivity contribution < 1.29 is 32.2 Å². The molecule has 11 heteroatoms. The molecule has 0 radical (unpaired) electrons. The van der Waals surface area contributed by atoms with Gasteiger partial charge in [-0.3, -0.25) is 4.79 Å². The van der Waals surface area contributed by atoms with Crippen molar-refractivity contribution in [2.45, 2.75) is 6.18 Å². The zero-order valence-corrected chi connectivity index (χ0v) is 18.0. The van der Waals surface area contributed by atoms with E-state index in [-0.39, 0.29) is 20.8 Å². The second-order valence-electron chi connectivity index (χ2n) is 6.10. The minimum atomic E-state index is -4.54. The Morgan fingerprint density at radius 2 is 1.71 bits per heavy atom. The number of aliphatic imine (C=N–C) groups is 1. The van der Waals surface area contributed by atoms with Crippen LogP contribution in [-0.2, 0) is 11.0 Å². The monoisotopic (exact) mass is 472 g/mol. The highest BCUT2D eigenvalue weighted by Crippen LogP contribution is 2.40. The van der Waals surface area contributed by atoms with E-state index in [1.165, 1.54) is 21.3 Å². The van der Waals surface area contributed by atoms with Gasteiger partial charge in [0.05, 0.1) is 42.5 Å². The van der Waals surface area contributed by atoms with E-state index in [1.807, 2.05) is 0 Å². The number of nitrogens with zero attached hydrogens (tertiary/aromatic N) is 1. The van der Waals surface area contributed by atoms with Gasteiger partial charge in [-0.25, -0.2) is 4.99 Å². The first-order valence-corrected chi connectivity index (χ1v) is 9.82. The maximum Gasteiger partial charge on any atom is 0.416 e. The van der Waals surface area contributed by atoms with Crippen molar-refractivity contribution in [3.63, 3.8) is 0 Å². The number of halogens is 4. The van der Waals surface area contributed by atoms with Crippen LogP contribution in [0.4, 0.5) is 18.9 Å². The molecule has 0 spiro atoms. The third-order valence-corrected chi connectivity index (χ3v) is 5.36. The van der Waals surface area contributed by atoms with Crippen LogP contribution in [0.1, 0.15) is 11.1 Å². The second-order valence-corrected chi connectivity index (χ2v) is 7.54. The lowest BCUT2D eigenvalue weighted by Crippen LogP contribution is -2.19. The molecule has 0 bridgehead atoms. The quantitative estimate of drug-likeness (QED) is 0.600. The summed E-state index contributed by atoms with van der Waals surface area (Å²) in [6.07, 6.45) is -2.97. The normalized spacial score (nSPS) is 16.5. The Morgan fingerprint density at radius 3 is 2.26 bits per heavy atom. The lowest BCUT2D eigenvalue weighted by molar-refractivity contribution is -0.137. The number of nitrogens with one attached hydrogen (secondary N) is 1. The van der Waals surface area contributed by atoms with Crippen LogP contribution in [-0.4, -0.2) is 32.4 Å². The predicted octanol–water partition coefficient (Wildman–Crippen LogP) is 5.28. The van der Waals surface area contributed by atoms with Gasteiger partial charge in [0, 0.05) is 0 Å². The maximum absolute atomic E-state index is 13.0. The van der Waals surface area contributed by atoms with E-state index in [0.717, 1.165) is 30.0 Å². The molecule has 1 aliphatic rings. The lowest BCUT2D eigenvalue weighted by Gasteiger charge is -2.12. The Bertz CT molecular complexity index is 1060. The van der Waals surface area contributed by atoms with Crippen LogP contribution in [0.15, 0.2) is 40.2 Å². The molecular formula is C20H16ClF3N2O4S. The number of amides is 1. The molecule has 164 valence electrons. The average Bonchev–Trinajstić information content (AvgIpc) is 3.06. The van der Waals surface area contributed by atoms with Crippen molar-refractivity contribution in [3.05, 3.63) is 51.4 Å². The van der Waals surface area contributed by atoms with Gasteiger partial charge in [-0.1, -0.05) is 11.6 Å². The van der Waals surface area contributed by atoms with Crippen LogP contribution in [0.2, 0.25) is 5.02 Å². The number of thioether (sulfide) groups is 1. The molecule has 2 aromatic rings. The minimum absolute atomic E-state index is 0.0254. The van der Waals surface area contributed by atoms with Gasteiger partial charge in [0.2, 0.25) is 5.75 Å². The van der Waals surface area contributed by atoms with Crippen molar-refractivity contribution >= 4 is 46.2 Å². The summed E-state index contributed by atoms with van der Waals surface area (Å²) in [5.41, 5.74) is -0.405. The summed E-state index contributed by atoms with van der Waals surface area (Å²) in [6.45, 7) is 0. The van der Waals surface area contributed by atoms with Gasteiger partial charge in [0.1, 0.15) is 0 Å². The summed E-state index contributed by atoms with van der Waals surface area (Å²) in [5.74, 6) is 0.751. The summed E-state index contributed by atoms with van der Waals surface area (Å²) in [4.78, 5) is 16.7. The number of alkyl halides is 3. The Hall–Kier alpha value is -2.85. The highest BCUT2D eigenvalue weighted by molar-refractivity contribution is 8.18. The van der Waals surface area contributed by atoms with Crippen LogP contribution in [0.25, 0.3) is 6.08 Å². The Labute approximate surface area is 185 Å². The van der Waals surface area contributed by atoms with Gasteiger partial charge in [0.15, 0.2) is 16.7 Å². The van der Waals surface area contributed by atoms with Gasteiger partial charge in [-0.05, 0) is 53.7 Å². The highest BCUT2D eigenvalue weighted by atomic mass is 35.5. The van der Waals surface area contributed by atoms with E-state index >= 15 is 0 Å². The van der Waals surface area contributed by atoms with Crippen LogP contribution in [0, 0.1) is 0 Å². The number of hydrogen-bond donors (Lipinski definition) is 1. The summed E-state index contributed by atoms with van der Waals surface area (Å²) < 4.78 is 54.7. The second kappa shape index (κ2) is 9.11. The molecule has 31 heavy (non-hydrogen) atoms. The van der Waals surface area contributed by atoms with Crippen LogP contribution < -0.4 is 19.5 Å². The molecule has 1 saturated heterocycles. The summed E-state index contributed by atoms with van der Waals surface area (Å²) >= 11 is 6.94. The number of hydrogen-bond acceptors (Lipinski definition) is 6. The van der Waals surface area contributed by atoms with E-state index < -0.39 is 17.6 Å². The number of rotatable bonds is 5. The molecule has 1 heterocycles. The number of amidine groups is 1. The molecule has 0 saturated carbocycles. The third kappa shape index (κ3) is 5.08. The third-order valence-electron chi connectivity index (χ3n) is 4.13. The number of ether oxygens (including phenoxy) is 3. The summed E-state index contributed by atoms with van der Waals surface area (Å²) in [6, 6.07) is 6.10. The van der Waals surface area contributed by atoms with Gasteiger partial charge < -0.3 is 19.5 Å². The molecule has 0 atom stereocenters. The van der Waals surface area contributed by atoms with Gasteiger partial charge in [-0.15, -0.1) is 0 Å². The van der Waals surface area contributed by atoms with Crippen molar-refractivity contribution in [2.75, 3.05) is 21.3 Å². The molecule has 1 N–H and O–H groups in total. The van der Waals surface area contributed by atoms with E-state index in [2.05, 4.69) is 10.3 Å². The Kier molecular flexibility index (Phi) is 6.71. The van der Waals surface area contributed by atoms with E-state index in [0.29, 0.717) is 22.8 Å². The summed E-state index contributed by atoms with van der Waals surface area (Å²) in [5, 5.41) is 2.64. The fourth-order valence-electron chi connectivity index (χ4n) is 2.70. The lowest BCUT2D eigenvalue weighted by atomic mass is 10.1. The molecule has 1 fully saturated rings. The largest absolute Gasteiger partial charge is 0.493 e. The van der Waals surface area contributed by atoms with E-state index in [9.17, 15) is 18.0 Å². The SMILES string of the molecule is COc1cc(C=C2SC(=Nc3cc(C(F)(F)F)ccc3Cl)NC2=O)cc(OC)c1OC. The van der Waals surface area contributed by atoms with E-state index in [4.69, 9.17) is 25.8 Å². The fraction of sp³-hybridized carbons (Fsp3) is 0.200. The molecule has 1 amide bonds. The predicted molar refractivity (Wildman–Crippen MR) is 113 cm³/mol. The summed E-state index contributed by atoms with van der Waals surface area (Å²) in [7, 11) is 4.41. The van der Waals surface area contributed by atoms with Crippen LogP contribution >= 0.6 is 23.4 Å². The highest BCUT2D eigenvalue weighted by Gasteiger charge is 2.31. The Balaban J connectivity index is 1.93. The molecule has 0 aliphatic carbocycles. The van der Waals surface area contributed by atoms with Crippen LogP contribution in [0.5, 0.6) is 17.2 Å². The molecule has 2 aromatic carbocycles. The topological polar surface area (TPSA) is 69.2 Å². The maximum atomic E-state index is 13.0. The van der Waals surface area contributed by atoms with Crippen molar-refractivity contribution in [1.29, 1.82) is 0 Å². The average molecular weight is 473 g/mol. The van der Waals surface area contributed by atoms with Crippen molar-refractivity contribution in [3.8, 4) is 17.2 Å². The molecule has 0 aromatic heterocycles.